The van der Waals surface area contributed by atoms with Crippen LogP contribution in [0, 0.1) is 0 Å². The first-order valence-corrected chi connectivity index (χ1v) is 14.6. The largest absolute Gasteiger partial charge is 0.496 e. The van der Waals surface area contributed by atoms with E-state index < -0.39 is 12.1 Å². The lowest BCUT2D eigenvalue weighted by atomic mass is 9.99. The summed E-state index contributed by atoms with van der Waals surface area (Å²) >= 11 is 14.0. The fourth-order valence-electron chi connectivity index (χ4n) is 4.98. The molecule has 44 heavy (non-hydrogen) atoms. The lowest BCUT2D eigenvalue weighted by Crippen LogP contribution is -2.28. The van der Waals surface area contributed by atoms with Gasteiger partial charge in [0, 0.05) is 53.6 Å². The molecule has 10 nitrogen and oxygen atoms in total. The molecule has 5 rings (SSSR count). The molecule has 228 valence electrons. The maximum atomic E-state index is 10.8. The Morgan fingerprint density at radius 2 is 1.82 bits per heavy atom. The molecule has 0 amide bonds. The number of halogens is 2. The molecule has 0 saturated heterocycles. The Kier molecular flexibility index (Phi) is 9.96. The van der Waals surface area contributed by atoms with Crippen molar-refractivity contribution in [2.24, 2.45) is 4.99 Å². The molecule has 0 bridgehead atoms. The van der Waals surface area contributed by atoms with E-state index in [2.05, 4.69) is 20.6 Å². The number of amidine groups is 1. The Bertz CT molecular complexity index is 1710. The second-order valence-corrected chi connectivity index (χ2v) is 10.8. The van der Waals surface area contributed by atoms with E-state index in [1.807, 2.05) is 54.6 Å². The first-order valence-electron chi connectivity index (χ1n) is 13.9. The number of pyridine rings is 2. The fraction of sp³-hybridized carbons (Fsp3) is 0.250. The highest BCUT2D eigenvalue weighted by molar-refractivity contribution is 6.39. The number of aliphatic carboxylic acids is 1. The summed E-state index contributed by atoms with van der Waals surface area (Å²) in [7, 11) is 3.14. The maximum Gasteiger partial charge on any atom is 0.306 e. The van der Waals surface area contributed by atoms with E-state index in [1.165, 1.54) is 0 Å². The van der Waals surface area contributed by atoms with Crippen molar-refractivity contribution in [3.05, 3.63) is 82.0 Å². The molecule has 0 radical (unpaired) electrons. The molecule has 3 heterocycles. The number of benzene rings is 2. The minimum absolute atomic E-state index is 0.130. The molecule has 2 aromatic carbocycles. The number of nitrogens with one attached hydrogen (secondary N) is 2. The number of aliphatic hydroxyl groups excluding tert-OH is 1. The van der Waals surface area contributed by atoms with Crippen molar-refractivity contribution >= 4 is 35.0 Å². The summed E-state index contributed by atoms with van der Waals surface area (Å²) in [6.07, 6.45) is 0.355. The van der Waals surface area contributed by atoms with Crippen LogP contribution < -0.4 is 20.1 Å². The number of nitrogens with zero attached hydrogens (tertiary/aromatic N) is 3. The van der Waals surface area contributed by atoms with Gasteiger partial charge in [-0.15, -0.1) is 0 Å². The van der Waals surface area contributed by atoms with Gasteiger partial charge in [-0.3, -0.25) is 14.8 Å². The molecular formula is C32H31Cl2N5O5. The van der Waals surface area contributed by atoms with Crippen LogP contribution in [0.5, 0.6) is 11.6 Å². The SMILES string of the molecule is COc1cc(-c2nccc(-c3cccc(-c4ccc(C5=NCCN5)c(OC)n4)c3Cl)c2Cl)ccc1CNC[C@H](O)CC(=O)O. The molecule has 0 unspecified atom stereocenters. The van der Waals surface area contributed by atoms with Crippen molar-refractivity contribution in [3.8, 4) is 45.3 Å². The van der Waals surface area contributed by atoms with E-state index in [9.17, 15) is 9.90 Å². The number of carboxylic acid groups (broad SMARTS) is 1. The van der Waals surface area contributed by atoms with Crippen LogP contribution in [0.15, 0.2) is 65.8 Å². The highest BCUT2D eigenvalue weighted by atomic mass is 35.5. The van der Waals surface area contributed by atoms with E-state index in [0.717, 1.165) is 40.2 Å². The van der Waals surface area contributed by atoms with Gasteiger partial charge in [0.1, 0.15) is 11.6 Å². The zero-order valence-corrected chi connectivity index (χ0v) is 25.6. The van der Waals surface area contributed by atoms with Crippen molar-refractivity contribution in [3.63, 3.8) is 0 Å². The lowest BCUT2D eigenvalue weighted by Gasteiger charge is -2.16. The van der Waals surface area contributed by atoms with Gasteiger partial charge >= 0.3 is 5.97 Å². The van der Waals surface area contributed by atoms with Gasteiger partial charge < -0.3 is 30.3 Å². The maximum absolute atomic E-state index is 10.8. The van der Waals surface area contributed by atoms with Gasteiger partial charge in [-0.1, -0.05) is 53.5 Å². The predicted octanol–water partition coefficient (Wildman–Crippen LogP) is 5.08. The van der Waals surface area contributed by atoms with Gasteiger partial charge in [0.2, 0.25) is 5.88 Å². The molecule has 12 heteroatoms. The third-order valence-corrected chi connectivity index (χ3v) is 7.89. The number of methoxy groups -OCH3 is 2. The third kappa shape index (κ3) is 6.79. The van der Waals surface area contributed by atoms with Gasteiger partial charge in [0.25, 0.3) is 0 Å². The average molecular weight is 637 g/mol. The standard InChI is InChI=1S/C32H31Cl2N5O5/c1-43-26-14-18(6-7-19(26)16-35-17-20(40)15-27(41)42)30-29(34)22(10-11-36-30)21-4-3-5-23(28(21)33)25-9-8-24(32(39-25)44-2)31-37-12-13-38-31/h3-11,14,20,35,40H,12-13,15-17H2,1-2H3,(H,37,38)(H,41,42)/t20-/m1/s1. The Morgan fingerprint density at radius 3 is 2.55 bits per heavy atom. The lowest BCUT2D eigenvalue weighted by molar-refractivity contribution is -0.139. The summed E-state index contributed by atoms with van der Waals surface area (Å²) < 4.78 is 11.2. The quantitative estimate of drug-likeness (QED) is 0.168. The monoisotopic (exact) mass is 635 g/mol. The van der Waals surface area contributed by atoms with Crippen LogP contribution in [0.4, 0.5) is 0 Å². The summed E-state index contributed by atoms with van der Waals surface area (Å²) in [5.41, 5.74) is 5.69. The van der Waals surface area contributed by atoms with Crippen molar-refractivity contribution in [2.45, 2.75) is 19.1 Å². The highest BCUT2D eigenvalue weighted by Gasteiger charge is 2.20. The van der Waals surface area contributed by atoms with Crippen LogP contribution in [-0.2, 0) is 11.3 Å². The zero-order valence-electron chi connectivity index (χ0n) is 24.1. The molecule has 0 spiro atoms. The number of carbonyl (C=O) groups is 1. The summed E-state index contributed by atoms with van der Waals surface area (Å²) in [6.45, 7) is 1.98. The second-order valence-electron chi connectivity index (χ2n) is 10.0. The van der Waals surface area contributed by atoms with E-state index >= 15 is 0 Å². The van der Waals surface area contributed by atoms with Crippen LogP contribution >= 0.6 is 23.2 Å². The van der Waals surface area contributed by atoms with Crippen molar-refractivity contribution in [1.29, 1.82) is 0 Å². The molecule has 4 aromatic rings. The molecule has 0 aliphatic carbocycles. The molecule has 1 aliphatic rings. The number of hydrogen-bond donors (Lipinski definition) is 4. The van der Waals surface area contributed by atoms with E-state index in [1.54, 1.807) is 20.4 Å². The van der Waals surface area contributed by atoms with Crippen LogP contribution in [-0.4, -0.2) is 71.9 Å². The van der Waals surface area contributed by atoms with E-state index in [-0.39, 0.29) is 13.0 Å². The summed E-state index contributed by atoms with van der Waals surface area (Å²) in [5.74, 6) is 0.741. The minimum atomic E-state index is -1.06. The Labute approximate surface area is 264 Å². The van der Waals surface area contributed by atoms with Crippen molar-refractivity contribution in [1.82, 2.24) is 20.6 Å². The van der Waals surface area contributed by atoms with Crippen LogP contribution in [0.3, 0.4) is 0 Å². The number of aliphatic imine (C=N–C) groups is 1. The van der Waals surface area contributed by atoms with Crippen LogP contribution in [0.1, 0.15) is 17.5 Å². The summed E-state index contributed by atoms with van der Waals surface area (Å²) in [4.78, 5) is 24.5. The molecule has 0 saturated carbocycles. The molecule has 4 N–H and O–H groups in total. The molecule has 1 atom stereocenters. The van der Waals surface area contributed by atoms with Gasteiger partial charge in [-0.25, -0.2) is 4.98 Å². The van der Waals surface area contributed by atoms with Gasteiger partial charge in [-0.2, -0.15) is 0 Å². The van der Waals surface area contributed by atoms with Gasteiger partial charge in [0.15, 0.2) is 0 Å². The minimum Gasteiger partial charge on any atom is -0.496 e. The second kappa shape index (κ2) is 14.0. The number of aliphatic hydroxyl groups is 1. The van der Waals surface area contributed by atoms with E-state index in [0.29, 0.717) is 51.7 Å². The molecule has 0 fully saturated rings. The predicted molar refractivity (Wildman–Crippen MR) is 171 cm³/mol. The Balaban J connectivity index is 1.43. The Morgan fingerprint density at radius 1 is 1.02 bits per heavy atom. The summed E-state index contributed by atoms with van der Waals surface area (Å²) in [6, 6.07) is 16.9. The number of rotatable bonds is 12. The molecule has 1 aliphatic heterocycles. The number of carboxylic acids is 1. The third-order valence-electron chi connectivity index (χ3n) is 7.10. The Hall–Kier alpha value is -4.22. The van der Waals surface area contributed by atoms with Gasteiger partial charge in [-0.05, 0) is 24.3 Å². The smallest absolute Gasteiger partial charge is 0.306 e. The topological polar surface area (TPSA) is 138 Å². The summed E-state index contributed by atoms with van der Waals surface area (Å²) in [5, 5.41) is 25.9. The van der Waals surface area contributed by atoms with Crippen LogP contribution in [0.2, 0.25) is 10.0 Å². The highest BCUT2D eigenvalue weighted by Crippen LogP contribution is 2.42. The normalized spacial score (nSPS) is 13.2. The average Bonchev–Trinajstić information content (AvgIpc) is 3.56. The van der Waals surface area contributed by atoms with Gasteiger partial charge in [0.05, 0.1) is 60.3 Å². The number of ether oxygens (including phenoxy) is 2. The van der Waals surface area contributed by atoms with Crippen LogP contribution in [0.25, 0.3) is 33.6 Å². The van der Waals surface area contributed by atoms with E-state index in [4.69, 9.17) is 42.8 Å². The van der Waals surface area contributed by atoms with Crippen molar-refractivity contribution in [2.75, 3.05) is 33.9 Å². The van der Waals surface area contributed by atoms with Crippen molar-refractivity contribution < 1.29 is 24.5 Å². The molecule has 2 aromatic heterocycles. The number of hydrogen-bond acceptors (Lipinski definition) is 9. The zero-order chi connectivity index (χ0) is 31.2. The first-order chi connectivity index (χ1) is 21.3. The molecular weight excluding hydrogens is 605 g/mol. The number of aromatic nitrogens is 2. The first kappa shape index (κ1) is 31.2. The fourth-order valence-corrected chi connectivity index (χ4v) is 5.63.